The lowest BCUT2D eigenvalue weighted by atomic mass is 9.79. The SMILES string of the molecule is COc1ccc(-c2nc(C3(OC)CCC3)no2)c(O)c1. The van der Waals surface area contributed by atoms with Crippen molar-refractivity contribution in [3.63, 3.8) is 0 Å². The van der Waals surface area contributed by atoms with E-state index in [2.05, 4.69) is 10.1 Å². The summed E-state index contributed by atoms with van der Waals surface area (Å²) in [5.41, 5.74) is 0.0549. The molecule has 0 atom stereocenters. The van der Waals surface area contributed by atoms with E-state index in [1.807, 2.05) is 0 Å². The summed E-state index contributed by atoms with van der Waals surface area (Å²) >= 11 is 0. The number of rotatable bonds is 4. The second-order valence-electron chi connectivity index (χ2n) is 4.86. The van der Waals surface area contributed by atoms with Gasteiger partial charge < -0.3 is 19.1 Å². The molecule has 0 aliphatic heterocycles. The van der Waals surface area contributed by atoms with Crippen molar-refractivity contribution in [3.8, 4) is 23.0 Å². The molecule has 0 spiro atoms. The number of benzene rings is 1. The number of ether oxygens (including phenoxy) is 2. The van der Waals surface area contributed by atoms with Crippen LogP contribution in [0.5, 0.6) is 11.5 Å². The van der Waals surface area contributed by atoms with Crippen LogP contribution in [-0.4, -0.2) is 29.5 Å². The van der Waals surface area contributed by atoms with Gasteiger partial charge in [0.2, 0.25) is 5.82 Å². The van der Waals surface area contributed by atoms with Crippen molar-refractivity contribution in [2.75, 3.05) is 14.2 Å². The summed E-state index contributed by atoms with van der Waals surface area (Å²) in [5, 5.41) is 14.0. The molecule has 20 heavy (non-hydrogen) atoms. The highest BCUT2D eigenvalue weighted by molar-refractivity contribution is 5.63. The molecule has 0 amide bonds. The Labute approximate surface area is 116 Å². The molecule has 106 valence electrons. The third-order valence-electron chi connectivity index (χ3n) is 3.82. The van der Waals surface area contributed by atoms with E-state index in [0.717, 1.165) is 19.3 Å². The molecule has 6 nitrogen and oxygen atoms in total. The highest BCUT2D eigenvalue weighted by atomic mass is 16.5. The molecule has 1 aliphatic carbocycles. The lowest BCUT2D eigenvalue weighted by molar-refractivity contribution is -0.0858. The Morgan fingerprint density at radius 3 is 2.65 bits per heavy atom. The molecule has 1 aromatic carbocycles. The number of methoxy groups -OCH3 is 2. The van der Waals surface area contributed by atoms with Gasteiger partial charge in [0.05, 0.1) is 12.7 Å². The summed E-state index contributed by atoms with van der Waals surface area (Å²) in [5.74, 6) is 1.43. The quantitative estimate of drug-likeness (QED) is 0.924. The molecule has 1 saturated carbocycles. The van der Waals surface area contributed by atoms with E-state index in [1.165, 1.54) is 13.2 Å². The molecule has 6 heteroatoms. The van der Waals surface area contributed by atoms with Crippen molar-refractivity contribution in [1.82, 2.24) is 10.1 Å². The Morgan fingerprint density at radius 2 is 2.10 bits per heavy atom. The third-order valence-corrected chi connectivity index (χ3v) is 3.82. The number of phenolic OH excluding ortho intramolecular Hbond substituents is 1. The molecule has 3 rings (SSSR count). The van der Waals surface area contributed by atoms with Crippen LogP contribution in [0.4, 0.5) is 0 Å². The third kappa shape index (κ3) is 1.92. The summed E-state index contributed by atoms with van der Waals surface area (Å²) in [6.45, 7) is 0. The molecule has 1 heterocycles. The first kappa shape index (κ1) is 12.9. The molecule has 2 aromatic rings. The standard InChI is InChI=1S/C14H16N2O4/c1-18-9-4-5-10(11(17)8-9)12-15-13(16-20-12)14(19-2)6-3-7-14/h4-5,8,17H,3,6-7H2,1-2H3. The Morgan fingerprint density at radius 1 is 1.30 bits per heavy atom. The van der Waals surface area contributed by atoms with Gasteiger partial charge in [0, 0.05) is 13.2 Å². The van der Waals surface area contributed by atoms with Crippen LogP contribution in [0.1, 0.15) is 25.1 Å². The first-order valence-electron chi connectivity index (χ1n) is 6.45. The van der Waals surface area contributed by atoms with Crippen molar-refractivity contribution >= 4 is 0 Å². The van der Waals surface area contributed by atoms with Crippen molar-refractivity contribution in [3.05, 3.63) is 24.0 Å². The fourth-order valence-corrected chi connectivity index (χ4v) is 2.35. The number of hydrogen-bond donors (Lipinski definition) is 1. The second kappa shape index (κ2) is 4.79. The van der Waals surface area contributed by atoms with Crippen LogP contribution in [0.3, 0.4) is 0 Å². The summed E-state index contributed by atoms with van der Waals surface area (Å²) in [4.78, 5) is 4.36. The number of hydrogen-bond acceptors (Lipinski definition) is 6. The van der Waals surface area contributed by atoms with Gasteiger partial charge >= 0.3 is 0 Å². The topological polar surface area (TPSA) is 77.6 Å². The smallest absolute Gasteiger partial charge is 0.261 e. The summed E-state index contributed by atoms with van der Waals surface area (Å²) in [6, 6.07) is 4.93. The minimum absolute atomic E-state index is 0.0413. The molecule has 0 saturated heterocycles. The zero-order valence-electron chi connectivity index (χ0n) is 11.4. The van der Waals surface area contributed by atoms with Gasteiger partial charge in [0.1, 0.15) is 17.1 Å². The van der Waals surface area contributed by atoms with Crippen LogP contribution in [0.25, 0.3) is 11.5 Å². The van der Waals surface area contributed by atoms with Gasteiger partial charge in [0.25, 0.3) is 5.89 Å². The predicted octanol–water partition coefficient (Wildman–Crippen LogP) is 2.48. The van der Waals surface area contributed by atoms with Crippen LogP contribution in [-0.2, 0) is 10.3 Å². The van der Waals surface area contributed by atoms with E-state index >= 15 is 0 Å². The fraction of sp³-hybridized carbons (Fsp3) is 0.429. The van der Waals surface area contributed by atoms with E-state index in [0.29, 0.717) is 17.1 Å². The Kier molecular flexibility index (Phi) is 3.10. The average molecular weight is 276 g/mol. The maximum Gasteiger partial charge on any atom is 0.261 e. The molecular weight excluding hydrogens is 260 g/mol. The molecule has 1 fully saturated rings. The molecule has 1 aromatic heterocycles. The molecule has 0 unspecified atom stereocenters. The second-order valence-corrected chi connectivity index (χ2v) is 4.86. The zero-order chi connectivity index (χ0) is 14.2. The molecule has 0 bridgehead atoms. The number of aromatic hydroxyl groups is 1. The number of phenols is 1. The monoisotopic (exact) mass is 276 g/mol. The van der Waals surface area contributed by atoms with Gasteiger partial charge in [-0.05, 0) is 31.4 Å². The molecule has 1 aliphatic rings. The van der Waals surface area contributed by atoms with E-state index in [1.54, 1.807) is 19.2 Å². The number of aromatic nitrogens is 2. The zero-order valence-corrected chi connectivity index (χ0v) is 11.4. The Balaban J connectivity index is 1.94. The van der Waals surface area contributed by atoms with Gasteiger partial charge in [-0.25, -0.2) is 0 Å². The molecular formula is C14H16N2O4. The van der Waals surface area contributed by atoms with Gasteiger partial charge in [-0.3, -0.25) is 0 Å². The molecule has 1 N–H and O–H groups in total. The van der Waals surface area contributed by atoms with Crippen molar-refractivity contribution in [2.45, 2.75) is 24.9 Å². The largest absolute Gasteiger partial charge is 0.507 e. The predicted molar refractivity (Wildman–Crippen MR) is 70.5 cm³/mol. The fourth-order valence-electron chi connectivity index (χ4n) is 2.35. The maximum atomic E-state index is 9.98. The van der Waals surface area contributed by atoms with Crippen molar-refractivity contribution in [1.29, 1.82) is 0 Å². The number of nitrogens with zero attached hydrogens (tertiary/aromatic N) is 2. The van der Waals surface area contributed by atoms with Crippen LogP contribution in [0.2, 0.25) is 0 Å². The first-order valence-corrected chi connectivity index (χ1v) is 6.45. The lowest BCUT2D eigenvalue weighted by Crippen LogP contribution is -2.37. The van der Waals surface area contributed by atoms with E-state index in [9.17, 15) is 5.11 Å². The van der Waals surface area contributed by atoms with Gasteiger partial charge in [-0.15, -0.1) is 0 Å². The highest BCUT2D eigenvalue weighted by Crippen LogP contribution is 2.43. The Bertz CT molecular complexity index is 614. The Hall–Kier alpha value is -2.08. The minimum Gasteiger partial charge on any atom is -0.507 e. The lowest BCUT2D eigenvalue weighted by Gasteiger charge is -2.37. The normalized spacial score (nSPS) is 16.7. The van der Waals surface area contributed by atoms with E-state index in [4.69, 9.17) is 14.0 Å². The van der Waals surface area contributed by atoms with Crippen LogP contribution in [0.15, 0.2) is 22.7 Å². The van der Waals surface area contributed by atoms with Gasteiger partial charge in [-0.2, -0.15) is 4.98 Å². The van der Waals surface area contributed by atoms with Crippen LogP contribution in [0, 0.1) is 0 Å². The average Bonchev–Trinajstić information content (AvgIpc) is 2.87. The van der Waals surface area contributed by atoms with Crippen LogP contribution < -0.4 is 4.74 Å². The summed E-state index contributed by atoms with van der Waals surface area (Å²) in [7, 11) is 3.19. The van der Waals surface area contributed by atoms with Gasteiger partial charge in [-0.1, -0.05) is 5.16 Å². The van der Waals surface area contributed by atoms with Crippen molar-refractivity contribution < 1.29 is 19.1 Å². The van der Waals surface area contributed by atoms with Crippen molar-refractivity contribution in [2.24, 2.45) is 0 Å². The first-order chi connectivity index (χ1) is 9.68. The minimum atomic E-state index is -0.427. The van der Waals surface area contributed by atoms with Gasteiger partial charge in [0.15, 0.2) is 0 Å². The van der Waals surface area contributed by atoms with E-state index in [-0.39, 0.29) is 11.6 Å². The molecule has 0 radical (unpaired) electrons. The summed E-state index contributed by atoms with van der Waals surface area (Å²) in [6.07, 6.45) is 2.86. The van der Waals surface area contributed by atoms with E-state index < -0.39 is 5.60 Å². The van der Waals surface area contributed by atoms with Crippen LogP contribution >= 0.6 is 0 Å². The highest BCUT2D eigenvalue weighted by Gasteiger charge is 2.43. The maximum absolute atomic E-state index is 9.98. The summed E-state index contributed by atoms with van der Waals surface area (Å²) < 4.78 is 15.8.